The predicted molar refractivity (Wildman–Crippen MR) is 128 cm³/mol. The number of benzene rings is 1. The average Bonchev–Trinajstić information content (AvgIpc) is 3.09. The SMILES string of the molecule is CCCCc1nc(Cl)c(CN(C)C(=O)C(CC(C)C)C(=O)NO)n1Cc1ccc(C(=O)O)cc1. The molecule has 0 spiro atoms. The normalized spacial score (nSPS) is 12.0. The van der Waals surface area contributed by atoms with Crippen molar-refractivity contribution < 1.29 is 24.7 Å². The lowest BCUT2D eigenvalue weighted by Crippen LogP contribution is -2.42. The lowest BCUT2D eigenvalue weighted by atomic mass is 9.95. The molecule has 1 heterocycles. The molecule has 0 aliphatic heterocycles. The topological polar surface area (TPSA) is 125 Å². The average molecular weight is 493 g/mol. The van der Waals surface area contributed by atoms with Gasteiger partial charge in [0.25, 0.3) is 5.91 Å². The van der Waals surface area contributed by atoms with Gasteiger partial charge in [-0.1, -0.05) is 50.9 Å². The summed E-state index contributed by atoms with van der Waals surface area (Å²) in [5.74, 6) is -2.34. The number of aryl methyl sites for hydroxylation is 1. The van der Waals surface area contributed by atoms with Crippen LogP contribution in [0.25, 0.3) is 0 Å². The van der Waals surface area contributed by atoms with Gasteiger partial charge in [0, 0.05) is 20.0 Å². The van der Waals surface area contributed by atoms with Gasteiger partial charge in [-0.05, 0) is 36.5 Å². The molecule has 2 rings (SSSR count). The fourth-order valence-electron chi connectivity index (χ4n) is 3.74. The van der Waals surface area contributed by atoms with E-state index in [-0.39, 0.29) is 23.2 Å². The number of unbranched alkanes of at least 4 members (excludes halogenated alkanes) is 1. The molecule has 9 nitrogen and oxygen atoms in total. The predicted octanol–water partition coefficient (Wildman–Crippen LogP) is 3.75. The van der Waals surface area contributed by atoms with Gasteiger partial charge in [-0.15, -0.1) is 0 Å². The summed E-state index contributed by atoms with van der Waals surface area (Å²) >= 11 is 6.50. The molecule has 1 unspecified atom stereocenters. The molecule has 10 heteroatoms. The number of rotatable bonds is 12. The third kappa shape index (κ3) is 7.04. The fourth-order valence-corrected chi connectivity index (χ4v) is 4.00. The van der Waals surface area contributed by atoms with E-state index in [2.05, 4.69) is 11.9 Å². The molecule has 0 radical (unpaired) electrons. The molecular weight excluding hydrogens is 460 g/mol. The van der Waals surface area contributed by atoms with Crippen molar-refractivity contribution in [3.8, 4) is 0 Å². The number of carboxylic acid groups (broad SMARTS) is 1. The largest absolute Gasteiger partial charge is 0.478 e. The maximum absolute atomic E-state index is 13.1. The van der Waals surface area contributed by atoms with Crippen LogP contribution in [0, 0.1) is 11.8 Å². The number of carbonyl (C=O) groups excluding carboxylic acids is 2. The van der Waals surface area contributed by atoms with E-state index in [1.807, 2.05) is 18.4 Å². The van der Waals surface area contributed by atoms with Gasteiger partial charge in [0.1, 0.15) is 11.7 Å². The van der Waals surface area contributed by atoms with Crippen molar-refractivity contribution >= 4 is 29.4 Å². The van der Waals surface area contributed by atoms with Gasteiger partial charge < -0.3 is 14.6 Å². The first-order valence-electron chi connectivity index (χ1n) is 11.3. The molecule has 0 fully saturated rings. The Kier molecular flexibility index (Phi) is 10.1. The summed E-state index contributed by atoms with van der Waals surface area (Å²) in [5, 5.41) is 18.5. The first-order valence-corrected chi connectivity index (χ1v) is 11.7. The van der Waals surface area contributed by atoms with Crippen LogP contribution in [0.5, 0.6) is 0 Å². The van der Waals surface area contributed by atoms with Crippen molar-refractivity contribution in [2.45, 2.75) is 59.5 Å². The lowest BCUT2D eigenvalue weighted by molar-refractivity contribution is -0.146. The minimum Gasteiger partial charge on any atom is -0.478 e. The summed E-state index contributed by atoms with van der Waals surface area (Å²) in [6, 6.07) is 6.57. The summed E-state index contributed by atoms with van der Waals surface area (Å²) in [6.45, 7) is 6.40. The van der Waals surface area contributed by atoms with Crippen LogP contribution in [-0.2, 0) is 29.1 Å². The lowest BCUT2D eigenvalue weighted by Gasteiger charge is -2.24. The molecule has 1 aromatic carbocycles. The van der Waals surface area contributed by atoms with Crippen LogP contribution in [0.4, 0.5) is 0 Å². The summed E-state index contributed by atoms with van der Waals surface area (Å²) < 4.78 is 1.95. The van der Waals surface area contributed by atoms with Crippen LogP contribution >= 0.6 is 11.6 Å². The van der Waals surface area contributed by atoms with Crippen molar-refractivity contribution in [3.63, 3.8) is 0 Å². The van der Waals surface area contributed by atoms with Gasteiger partial charge in [-0.25, -0.2) is 15.3 Å². The van der Waals surface area contributed by atoms with E-state index in [1.54, 1.807) is 36.8 Å². The third-order valence-corrected chi connectivity index (χ3v) is 5.90. The summed E-state index contributed by atoms with van der Waals surface area (Å²) in [4.78, 5) is 42.3. The van der Waals surface area contributed by atoms with E-state index in [0.717, 1.165) is 24.2 Å². The van der Waals surface area contributed by atoms with E-state index in [1.165, 1.54) is 4.90 Å². The van der Waals surface area contributed by atoms with Crippen LogP contribution < -0.4 is 5.48 Å². The van der Waals surface area contributed by atoms with Crippen LogP contribution in [0.3, 0.4) is 0 Å². The number of imidazole rings is 1. The summed E-state index contributed by atoms with van der Waals surface area (Å²) in [5.41, 5.74) is 3.28. The Bertz CT molecular complexity index is 1000. The van der Waals surface area contributed by atoms with Gasteiger partial charge in [-0.2, -0.15) is 0 Å². The minimum atomic E-state index is -1.02. The van der Waals surface area contributed by atoms with Crippen LogP contribution in [0.2, 0.25) is 5.15 Å². The minimum absolute atomic E-state index is 0.0724. The molecule has 0 aliphatic rings. The summed E-state index contributed by atoms with van der Waals surface area (Å²) in [6.07, 6.45) is 2.87. The standard InChI is InChI=1S/C24H33ClN4O5/c1-5-6-7-20-26-21(25)19(29(20)13-16-8-10-17(11-9-16)24(32)33)14-28(4)23(31)18(12-15(2)3)22(30)27-34/h8-11,15,18,34H,5-7,12-14H2,1-4H3,(H,27,30)(H,32,33). The van der Waals surface area contributed by atoms with Crippen LogP contribution in [-0.4, -0.2) is 49.6 Å². The number of hydroxylamine groups is 1. The number of nitrogens with zero attached hydrogens (tertiary/aromatic N) is 3. The molecule has 1 aromatic heterocycles. The zero-order valence-corrected chi connectivity index (χ0v) is 20.8. The number of halogens is 1. The van der Waals surface area contributed by atoms with Crippen LogP contribution in [0.1, 0.15) is 67.5 Å². The Morgan fingerprint density at radius 2 is 1.85 bits per heavy atom. The monoisotopic (exact) mass is 492 g/mol. The highest BCUT2D eigenvalue weighted by Gasteiger charge is 2.31. The van der Waals surface area contributed by atoms with Crippen LogP contribution in [0.15, 0.2) is 24.3 Å². The molecule has 2 aromatic rings. The van der Waals surface area contributed by atoms with Crippen molar-refractivity contribution in [2.75, 3.05) is 7.05 Å². The van der Waals surface area contributed by atoms with Gasteiger partial charge in [0.15, 0.2) is 5.15 Å². The van der Waals surface area contributed by atoms with Gasteiger partial charge in [-0.3, -0.25) is 14.8 Å². The number of amides is 2. The highest BCUT2D eigenvalue weighted by molar-refractivity contribution is 6.30. The number of carbonyl (C=O) groups is 3. The zero-order chi connectivity index (χ0) is 25.4. The van der Waals surface area contributed by atoms with Gasteiger partial charge in [0.2, 0.25) is 5.91 Å². The van der Waals surface area contributed by atoms with Crippen molar-refractivity contribution in [1.82, 2.24) is 19.9 Å². The van der Waals surface area contributed by atoms with Crippen molar-refractivity contribution in [2.24, 2.45) is 11.8 Å². The number of nitrogens with one attached hydrogen (secondary N) is 1. The Labute approximate surface area is 204 Å². The second-order valence-electron chi connectivity index (χ2n) is 8.81. The molecule has 3 N–H and O–H groups in total. The second kappa shape index (κ2) is 12.5. The molecule has 186 valence electrons. The second-order valence-corrected chi connectivity index (χ2v) is 9.17. The quantitative estimate of drug-likeness (QED) is 0.235. The molecular formula is C24H33ClN4O5. The number of aromatic carboxylic acids is 1. The maximum atomic E-state index is 13.1. The van der Waals surface area contributed by atoms with E-state index in [0.29, 0.717) is 25.1 Å². The first kappa shape index (κ1) is 27.3. The molecule has 34 heavy (non-hydrogen) atoms. The van der Waals surface area contributed by atoms with Crippen molar-refractivity contribution in [3.05, 3.63) is 52.1 Å². The Balaban J connectivity index is 2.35. The summed E-state index contributed by atoms with van der Waals surface area (Å²) in [7, 11) is 1.58. The number of carboxylic acids is 1. The van der Waals surface area contributed by atoms with Crippen molar-refractivity contribution in [1.29, 1.82) is 0 Å². The molecule has 0 saturated heterocycles. The Morgan fingerprint density at radius 3 is 2.38 bits per heavy atom. The first-order chi connectivity index (χ1) is 16.1. The fraction of sp³-hybridized carbons (Fsp3) is 0.500. The number of hydrogen-bond acceptors (Lipinski definition) is 5. The molecule has 0 aliphatic carbocycles. The Hall–Kier alpha value is -2.91. The Morgan fingerprint density at radius 1 is 1.21 bits per heavy atom. The highest BCUT2D eigenvalue weighted by Crippen LogP contribution is 2.24. The van der Waals surface area contributed by atoms with E-state index in [9.17, 15) is 14.4 Å². The van der Waals surface area contributed by atoms with Gasteiger partial charge >= 0.3 is 5.97 Å². The van der Waals surface area contributed by atoms with Gasteiger partial charge in [0.05, 0.1) is 17.8 Å². The number of aromatic nitrogens is 2. The molecule has 1 atom stereocenters. The van der Waals surface area contributed by atoms with E-state index in [4.69, 9.17) is 21.9 Å². The zero-order valence-electron chi connectivity index (χ0n) is 20.0. The number of hydrogen-bond donors (Lipinski definition) is 3. The molecule has 2 amide bonds. The molecule has 0 saturated carbocycles. The maximum Gasteiger partial charge on any atom is 0.335 e. The molecule has 0 bridgehead atoms. The third-order valence-electron chi connectivity index (χ3n) is 5.59. The van der Waals surface area contributed by atoms with E-state index >= 15 is 0 Å². The highest BCUT2D eigenvalue weighted by atomic mass is 35.5. The van der Waals surface area contributed by atoms with E-state index < -0.39 is 23.7 Å². The smallest absolute Gasteiger partial charge is 0.335 e.